The summed E-state index contributed by atoms with van der Waals surface area (Å²) in [7, 11) is 0. The number of hydrogen-bond donors (Lipinski definition) is 3. The summed E-state index contributed by atoms with van der Waals surface area (Å²) in [6.07, 6.45) is 0. The summed E-state index contributed by atoms with van der Waals surface area (Å²) in [5.41, 5.74) is 0.807. The minimum absolute atomic E-state index is 0.0524. The quantitative estimate of drug-likeness (QED) is 0.513. The molecule has 0 fully saturated rings. The molecule has 3 aromatic rings. The molecule has 1 unspecified atom stereocenters. The lowest BCUT2D eigenvalue weighted by Crippen LogP contribution is -3.14. The maximum absolute atomic E-state index is 12.4. The lowest BCUT2D eigenvalue weighted by Gasteiger charge is -2.18. The molecule has 0 aliphatic rings. The van der Waals surface area contributed by atoms with Gasteiger partial charge in [-0.1, -0.05) is 24.3 Å². The van der Waals surface area contributed by atoms with Crippen molar-refractivity contribution in [2.45, 2.75) is 26.4 Å². The minimum atomic E-state index is -0.231. The number of furan rings is 1. The Morgan fingerprint density at radius 2 is 1.93 bits per heavy atom. The maximum atomic E-state index is 12.4. The van der Waals surface area contributed by atoms with E-state index in [0.717, 1.165) is 26.5 Å². The molecule has 0 spiro atoms. The first-order chi connectivity index (χ1) is 13.5. The lowest BCUT2D eigenvalue weighted by molar-refractivity contribution is -0.881. The van der Waals surface area contributed by atoms with Crippen LogP contribution in [0.4, 0.5) is 0 Å². The first-order valence-corrected chi connectivity index (χ1v) is 10.3. The number of nitrogens with one attached hydrogen (secondary N) is 3. The van der Waals surface area contributed by atoms with Gasteiger partial charge >= 0.3 is 0 Å². The molecule has 7 heteroatoms. The highest BCUT2D eigenvalue weighted by Gasteiger charge is 2.20. The summed E-state index contributed by atoms with van der Waals surface area (Å²) in [6.45, 7) is 5.61. The Hall–Kier alpha value is -2.64. The molecule has 1 aromatic carbocycles. The molecule has 0 saturated heterocycles. The van der Waals surface area contributed by atoms with Crippen LogP contribution in [0, 0.1) is 0 Å². The van der Waals surface area contributed by atoms with E-state index >= 15 is 0 Å². The highest BCUT2D eigenvalue weighted by Crippen LogP contribution is 2.23. The third-order valence-corrected chi connectivity index (χ3v) is 5.49. The van der Waals surface area contributed by atoms with E-state index in [1.807, 2.05) is 61.7 Å². The van der Waals surface area contributed by atoms with Crippen molar-refractivity contribution in [2.75, 3.05) is 19.6 Å². The molecule has 2 amide bonds. The van der Waals surface area contributed by atoms with Crippen LogP contribution < -0.4 is 15.5 Å². The number of fused-ring (bicyclic) bond motifs is 1. The Kier molecular flexibility index (Phi) is 6.84. The molecule has 0 saturated carbocycles. The highest BCUT2D eigenvalue weighted by molar-refractivity contribution is 7.09. The summed E-state index contributed by atoms with van der Waals surface area (Å²) in [6, 6.07) is 13.4. The van der Waals surface area contributed by atoms with Gasteiger partial charge in [-0.15, -0.1) is 11.3 Å². The van der Waals surface area contributed by atoms with Gasteiger partial charge in [-0.2, -0.15) is 0 Å². The zero-order valence-electron chi connectivity index (χ0n) is 16.2. The molecule has 2 atom stereocenters. The molecule has 28 heavy (non-hydrogen) atoms. The smallest absolute Gasteiger partial charge is 0.275 e. The van der Waals surface area contributed by atoms with E-state index in [0.29, 0.717) is 13.1 Å². The van der Waals surface area contributed by atoms with E-state index < -0.39 is 0 Å². The van der Waals surface area contributed by atoms with E-state index in [4.69, 9.17) is 4.42 Å². The summed E-state index contributed by atoms with van der Waals surface area (Å²) in [5.74, 6) is 0.570. The number of quaternary nitrogens is 1. The molecule has 2 aromatic heterocycles. The number of thiophene rings is 1. The van der Waals surface area contributed by atoms with Crippen LogP contribution in [-0.4, -0.2) is 31.4 Å². The van der Waals surface area contributed by atoms with Crippen LogP contribution in [0.25, 0.3) is 11.0 Å². The summed E-state index contributed by atoms with van der Waals surface area (Å²) < 4.78 is 5.81. The fraction of sp³-hybridized carbons (Fsp3) is 0.333. The van der Waals surface area contributed by atoms with Gasteiger partial charge in [-0.05, 0) is 37.4 Å². The van der Waals surface area contributed by atoms with Crippen molar-refractivity contribution in [3.8, 4) is 0 Å². The number of rotatable bonds is 9. The Morgan fingerprint density at radius 1 is 1.14 bits per heavy atom. The fourth-order valence-corrected chi connectivity index (χ4v) is 3.65. The molecule has 148 valence electrons. The Morgan fingerprint density at radius 3 is 2.64 bits per heavy atom. The topological polar surface area (TPSA) is 75.8 Å². The molecule has 0 aliphatic heterocycles. The molecule has 0 radical (unpaired) electrons. The van der Waals surface area contributed by atoms with E-state index in [1.54, 1.807) is 11.3 Å². The molecule has 3 N–H and O–H groups in total. The van der Waals surface area contributed by atoms with Crippen LogP contribution in [0.3, 0.4) is 0 Å². The molecular weight excluding hydrogens is 374 g/mol. The molecule has 0 bridgehead atoms. The molecule has 2 heterocycles. The second kappa shape index (κ2) is 9.52. The second-order valence-electron chi connectivity index (χ2n) is 6.79. The zero-order valence-corrected chi connectivity index (χ0v) is 17.0. The second-order valence-corrected chi connectivity index (χ2v) is 7.82. The third-order valence-electron chi connectivity index (χ3n) is 4.61. The van der Waals surface area contributed by atoms with Gasteiger partial charge in [-0.3, -0.25) is 9.59 Å². The van der Waals surface area contributed by atoms with Gasteiger partial charge in [0.2, 0.25) is 0 Å². The normalized spacial score (nSPS) is 13.2. The molecular formula is C21H26N3O3S+. The lowest BCUT2D eigenvalue weighted by atomic mass is 10.2. The number of likely N-dealkylation sites (N-methyl/N-ethyl adjacent to an activating group) is 1. The predicted octanol–water partition coefficient (Wildman–Crippen LogP) is 1.89. The van der Waals surface area contributed by atoms with Crippen LogP contribution in [0.2, 0.25) is 0 Å². The third kappa shape index (κ3) is 5.43. The number of carbonyl (C=O) groups excluding carboxylic acids is 2. The Bertz CT molecular complexity index is 887. The number of amides is 2. The summed E-state index contributed by atoms with van der Waals surface area (Å²) in [5, 5.41) is 8.87. The SMILES string of the molecule is CC[NH+](CC(=O)NCc1cccs1)CC(=O)N[C@H](C)c1cc2ccccc2o1. The van der Waals surface area contributed by atoms with Crippen molar-refractivity contribution in [1.29, 1.82) is 0 Å². The van der Waals surface area contributed by atoms with Gasteiger partial charge in [0.1, 0.15) is 11.3 Å². The highest BCUT2D eigenvalue weighted by atomic mass is 32.1. The minimum Gasteiger partial charge on any atom is -0.459 e. The number of carbonyl (C=O) groups is 2. The largest absolute Gasteiger partial charge is 0.459 e. The van der Waals surface area contributed by atoms with Crippen molar-refractivity contribution in [3.05, 3.63) is 58.5 Å². The number of hydrogen-bond acceptors (Lipinski definition) is 4. The monoisotopic (exact) mass is 400 g/mol. The number of benzene rings is 1. The molecule has 3 rings (SSSR count). The summed E-state index contributed by atoms with van der Waals surface area (Å²) in [4.78, 5) is 26.6. The van der Waals surface area contributed by atoms with Crippen molar-refractivity contribution < 1.29 is 18.9 Å². The van der Waals surface area contributed by atoms with Crippen molar-refractivity contribution in [3.63, 3.8) is 0 Å². The van der Waals surface area contributed by atoms with Crippen molar-refractivity contribution in [2.24, 2.45) is 0 Å². The van der Waals surface area contributed by atoms with Crippen LogP contribution in [-0.2, 0) is 16.1 Å². The standard InChI is InChI=1S/C21H25N3O3S/c1-3-24(13-20(25)22-12-17-8-6-10-28-17)14-21(26)23-15(2)19-11-16-7-4-5-9-18(16)27-19/h4-11,15H,3,12-14H2,1-2H3,(H,22,25)(H,23,26)/p+1/t15-/m1/s1. The van der Waals surface area contributed by atoms with Gasteiger partial charge in [0.15, 0.2) is 13.1 Å². The first kappa shape index (κ1) is 20.1. The Balaban J connectivity index is 1.48. The van der Waals surface area contributed by atoms with Gasteiger partial charge in [0, 0.05) is 10.3 Å². The van der Waals surface area contributed by atoms with Gasteiger partial charge in [0.25, 0.3) is 11.8 Å². The van der Waals surface area contributed by atoms with Gasteiger partial charge in [0.05, 0.1) is 19.1 Å². The molecule has 0 aliphatic carbocycles. The van der Waals surface area contributed by atoms with Crippen LogP contribution in [0.1, 0.15) is 30.5 Å². The van der Waals surface area contributed by atoms with Gasteiger partial charge < -0.3 is 20.0 Å². The van der Waals surface area contributed by atoms with Crippen LogP contribution in [0.5, 0.6) is 0 Å². The first-order valence-electron chi connectivity index (χ1n) is 9.45. The van der Waals surface area contributed by atoms with E-state index in [1.165, 1.54) is 0 Å². The van der Waals surface area contributed by atoms with E-state index in [9.17, 15) is 9.59 Å². The average Bonchev–Trinajstić information content (AvgIpc) is 3.35. The summed E-state index contributed by atoms with van der Waals surface area (Å²) >= 11 is 1.61. The van der Waals surface area contributed by atoms with E-state index in [2.05, 4.69) is 10.6 Å². The van der Waals surface area contributed by atoms with E-state index in [-0.39, 0.29) is 30.9 Å². The van der Waals surface area contributed by atoms with Crippen LogP contribution in [0.15, 0.2) is 52.3 Å². The molecule has 6 nitrogen and oxygen atoms in total. The average molecular weight is 401 g/mol. The van der Waals surface area contributed by atoms with Crippen molar-refractivity contribution >= 4 is 34.1 Å². The van der Waals surface area contributed by atoms with Gasteiger partial charge in [-0.25, -0.2) is 0 Å². The Labute approximate surface area is 168 Å². The van der Waals surface area contributed by atoms with Crippen LogP contribution >= 0.6 is 11.3 Å². The zero-order chi connectivity index (χ0) is 19.9. The maximum Gasteiger partial charge on any atom is 0.275 e. The van der Waals surface area contributed by atoms with Crippen molar-refractivity contribution in [1.82, 2.24) is 10.6 Å². The fourth-order valence-electron chi connectivity index (χ4n) is 3.01. The predicted molar refractivity (Wildman–Crippen MR) is 110 cm³/mol. The number of para-hydroxylation sites is 1.